The minimum Gasteiger partial charge on any atom is -0.465 e. The van der Waals surface area contributed by atoms with Crippen molar-refractivity contribution in [1.29, 1.82) is 0 Å². The zero-order valence-corrected chi connectivity index (χ0v) is 33.2. The monoisotopic (exact) mass is 849 g/mol. The molecule has 59 heavy (non-hydrogen) atoms. The molecule has 2 aromatic carbocycles. The van der Waals surface area contributed by atoms with Gasteiger partial charge in [-0.25, -0.2) is 17.9 Å². The Morgan fingerprint density at radius 3 is 2.29 bits per heavy atom. The number of rotatable bonds is 23. The van der Waals surface area contributed by atoms with Crippen LogP contribution in [-0.2, 0) is 57.6 Å². The number of methoxy groups -OCH3 is 1. The molecule has 0 unspecified atom stereocenters. The highest BCUT2D eigenvalue weighted by Crippen LogP contribution is 2.38. The number of hydrogen-bond donors (Lipinski definition) is 3. The summed E-state index contributed by atoms with van der Waals surface area (Å²) in [5.74, 6) is -4.49. The normalized spacial score (nSPS) is 19.8. The molecule has 3 rings (SSSR count). The standard InChI is InChI=1S/C35H43N7O16S/c1-6-15-37-28-29(31(47)30(28)46)38-16-11-7-8-12-17-54-35(34(48)53-5)18-24(55-20(2)43)27(40-59(51,52)26-14-10-9-13-23(26)42(49)50)33(58-35)32(57-22(4)45)25(19-39-41-36)56-21(3)44/h1,9-10,13-14,24-25,27,32-33,37-38,40H,7-8,11-12,15-19H2,2-5H3/t24-,25+,27+,32+,33+,35+/m0/s1. The molecule has 1 fully saturated rings. The second-order valence-electron chi connectivity index (χ2n) is 12.8. The maximum Gasteiger partial charge on any atom is 0.366 e. The maximum absolute atomic E-state index is 13.9. The van der Waals surface area contributed by atoms with Crippen LogP contribution in [-0.4, -0.2) is 107 Å². The minimum absolute atomic E-state index is 0.0559. The van der Waals surface area contributed by atoms with Crippen molar-refractivity contribution < 1.29 is 60.9 Å². The number of nitro groups is 1. The van der Waals surface area contributed by atoms with Gasteiger partial charge in [0.1, 0.15) is 29.7 Å². The summed E-state index contributed by atoms with van der Waals surface area (Å²) in [4.78, 5) is 87.5. The number of para-hydroxylation sites is 1. The SMILES string of the molecule is C#CCNc1c(NCCCCCCO[C@]2(C(=O)OC)C[C@H](OC(C)=O)[C@@H](NS(=O)(=O)c3ccccc3[N+](=O)[O-])[C@H]([C@H](OC(C)=O)[C@@H](CN=[N+]=[N-])OC(C)=O)O2)c(=O)c1=O. The van der Waals surface area contributed by atoms with E-state index in [0.717, 1.165) is 40.0 Å². The molecule has 0 amide bonds. The van der Waals surface area contributed by atoms with Gasteiger partial charge in [-0.3, -0.25) is 34.1 Å². The van der Waals surface area contributed by atoms with Crippen LogP contribution in [0.1, 0.15) is 52.9 Å². The lowest BCUT2D eigenvalue weighted by molar-refractivity contribution is -0.387. The zero-order valence-electron chi connectivity index (χ0n) is 32.4. The molecule has 3 N–H and O–H groups in total. The number of nitro benzene ring substituents is 1. The van der Waals surface area contributed by atoms with E-state index < -0.39 is 109 Å². The van der Waals surface area contributed by atoms with Crippen LogP contribution in [0.25, 0.3) is 10.4 Å². The van der Waals surface area contributed by atoms with E-state index in [1.165, 1.54) is 12.1 Å². The van der Waals surface area contributed by atoms with Crippen LogP contribution >= 0.6 is 0 Å². The van der Waals surface area contributed by atoms with Crippen molar-refractivity contribution in [2.24, 2.45) is 5.11 Å². The van der Waals surface area contributed by atoms with E-state index in [4.69, 9.17) is 40.4 Å². The Morgan fingerprint density at radius 2 is 1.69 bits per heavy atom. The fourth-order valence-corrected chi connectivity index (χ4v) is 7.63. The first kappa shape index (κ1) is 47.3. The van der Waals surface area contributed by atoms with E-state index in [2.05, 4.69) is 31.3 Å². The molecule has 320 valence electrons. The molecule has 0 saturated carbocycles. The number of azide groups is 1. The summed E-state index contributed by atoms with van der Waals surface area (Å²) < 4.78 is 63.7. The van der Waals surface area contributed by atoms with Crippen LogP contribution in [0.5, 0.6) is 0 Å². The average Bonchev–Trinajstić information content (AvgIpc) is 3.18. The highest BCUT2D eigenvalue weighted by molar-refractivity contribution is 7.89. The van der Waals surface area contributed by atoms with Gasteiger partial charge in [0.2, 0.25) is 10.0 Å². The molecule has 0 aliphatic carbocycles. The van der Waals surface area contributed by atoms with Crippen LogP contribution in [0.2, 0.25) is 0 Å². The Bertz CT molecular complexity index is 2140. The summed E-state index contributed by atoms with van der Waals surface area (Å²) in [6.45, 7) is 2.26. The van der Waals surface area contributed by atoms with Crippen LogP contribution < -0.4 is 26.2 Å². The van der Waals surface area contributed by atoms with Crippen molar-refractivity contribution in [2.45, 2.75) is 94.0 Å². The van der Waals surface area contributed by atoms with Crippen LogP contribution in [0, 0.1) is 22.5 Å². The number of ether oxygens (including phenoxy) is 6. The number of carbonyl (C=O) groups is 4. The molecule has 1 aliphatic heterocycles. The van der Waals surface area contributed by atoms with Gasteiger partial charge in [-0.05, 0) is 24.4 Å². The fraction of sp³-hybridized carbons (Fsp3) is 0.543. The number of esters is 4. The first-order chi connectivity index (χ1) is 27.9. The van der Waals surface area contributed by atoms with E-state index in [9.17, 15) is 47.3 Å². The molecule has 1 aliphatic rings. The molecule has 0 bridgehead atoms. The number of carbonyl (C=O) groups excluding carboxylic acids is 4. The second kappa shape index (κ2) is 21.6. The number of nitrogens with zero attached hydrogens (tertiary/aromatic N) is 4. The zero-order chi connectivity index (χ0) is 43.9. The van der Waals surface area contributed by atoms with E-state index in [1.54, 1.807) is 0 Å². The Labute approximate surface area is 336 Å². The average molecular weight is 850 g/mol. The molecule has 1 saturated heterocycles. The largest absolute Gasteiger partial charge is 0.465 e. The summed E-state index contributed by atoms with van der Waals surface area (Å²) in [6, 6.07) is 2.38. The third-order valence-corrected chi connectivity index (χ3v) is 10.1. The predicted molar refractivity (Wildman–Crippen MR) is 204 cm³/mol. The fourth-order valence-electron chi connectivity index (χ4n) is 6.19. The van der Waals surface area contributed by atoms with Gasteiger partial charge in [-0.1, -0.05) is 36.0 Å². The molecule has 0 aromatic heterocycles. The number of benzene rings is 1. The minimum atomic E-state index is -4.98. The molecule has 2 aromatic rings. The van der Waals surface area contributed by atoms with Crippen molar-refractivity contribution in [3.8, 4) is 12.3 Å². The van der Waals surface area contributed by atoms with Crippen LogP contribution in [0.3, 0.4) is 0 Å². The number of sulfonamides is 1. The lowest BCUT2D eigenvalue weighted by Gasteiger charge is -2.48. The van der Waals surface area contributed by atoms with E-state index in [-0.39, 0.29) is 30.9 Å². The Balaban J connectivity index is 2.00. The van der Waals surface area contributed by atoms with Crippen LogP contribution in [0.4, 0.5) is 17.1 Å². The van der Waals surface area contributed by atoms with Crippen molar-refractivity contribution in [1.82, 2.24) is 4.72 Å². The van der Waals surface area contributed by atoms with Crippen molar-refractivity contribution in [3.05, 3.63) is 65.3 Å². The van der Waals surface area contributed by atoms with E-state index in [0.29, 0.717) is 25.8 Å². The quantitative estimate of drug-likeness (QED) is 0.0136. The first-order valence-electron chi connectivity index (χ1n) is 17.9. The third-order valence-electron chi connectivity index (χ3n) is 8.63. The molecule has 0 spiro atoms. The summed E-state index contributed by atoms with van der Waals surface area (Å²) >= 11 is 0. The van der Waals surface area contributed by atoms with Gasteiger partial charge in [0.05, 0.1) is 44.2 Å². The number of anilines is 2. The molecular weight excluding hydrogens is 806 g/mol. The van der Waals surface area contributed by atoms with Crippen molar-refractivity contribution >= 4 is 51.0 Å². The summed E-state index contributed by atoms with van der Waals surface area (Å²) in [6.07, 6.45) is -1.21. The first-order valence-corrected chi connectivity index (χ1v) is 19.3. The maximum atomic E-state index is 13.9. The summed E-state index contributed by atoms with van der Waals surface area (Å²) in [5, 5.41) is 20.8. The lowest BCUT2D eigenvalue weighted by Crippen LogP contribution is -2.69. The summed E-state index contributed by atoms with van der Waals surface area (Å²) in [5.41, 5.74) is 7.14. The van der Waals surface area contributed by atoms with Gasteiger partial charge < -0.3 is 39.1 Å². The predicted octanol–water partition coefficient (Wildman–Crippen LogP) is 1.34. The van der Waals surface area contributed by atoms with Gasteiger partial charge in [-0.2, -0.15) is 0 Å². The Morgan fingerprint density at radius 1 is 1.05 bits per heavy atom. The molecule has 0 radical (unpaired) electrons. The van der Waals surface area contributed by atoms with E-state index in [1.807, 2.05) is 0 Å². The van der Waals surface area contributed by atoms with Gasteiger partial charge in [-0.15, -0.1) is 6.42 Å². The third kappa shape index (κ3) is 12.4. The van der Waals surface area contributed by atoms with Crippen LogP contribution in [0.15, 0.2) is 43.9 Å². The number of nitrogens with one attached hydrogen (secondary N) is 3. The number of hydrogen-bond acceptors (Lipinski definition) is 19. The van der Waals surface area contributed by atoms with Crippen molar-refractivity contribution in [2.75, 3.05) is 44.0 Å². The molecule has 23 nitrogen and oxygen atoms in total. The number of unbranched alkanes of at least 4 members (excludes halogenated alkanes) is 3. The highest BCUT2D eigenvalue weighted by atomic mass is 32.2. The smallest absolute Gasteiger partial charge is 0.366 e. The molecule has 24 heteroatoms. The topological polar surface area (TPSA) is 320 Å². The summed E-state index contributed by atoms with van der Waals surface area (Å²) in [7, 11) is -4.01. The Kier molecular flexibility index (Phi) is 17.3. The highest BCUT2D eigenvalue weighted by Gasteiger charge is 2.59. The molecule has 6 atom stereocenters. The molecule has 1 heterocycles. The lowest BCUT2D eigenvalue weighted by atomic mass is 9.88. The Hall–Kier alpha value is -6.12. The molecular formula is C35H43N7O16S. The van der Waals surface area contributed by atoms with E-state index >= 15 is 0 Å². The number of terminal acetylenes is 1. The second-order valence-corrected chi connectivity index (χ2v) is 14.5. The van der Waals surface area contributed by atoms with Crippen molar-refractivity contribution in [3.63, 3.8) is 0 Å². The van der Waals surface area contributed by atoms with Gasteiger partial charge in [0.15, 0.2) is 11.0 Å². The van der Waals surface area contributed by atoms with Gasteiger partial charge in [0.25, 0.3) is 22.3 Å². The van der Waals surface area contributed by atoms with Gasteiger partial charge in [0, 0.05) is 38.3 Å². The van der Waals surface area contributed by atoms with Gasteiger partial charge >= 0.3 is 23.9 Å².